The number of amides is 1. The molecule has 5 nitrogen and oxygen atoms in total. The standard InChI is InChI=1S/C17H21N3O2S/c1-12-15(23-17(22)19-12)16(21)18-11-14(20-9-5-6-10-20)13-7-3-2-4-8-13/h2-4,7-8,14H,5-6,9-11H2,1H3,(H,18,21)(H,19,22). The normalized spacial score (nSPS) is 16.4. The van der Waals surface area contributed by atoms with Gasteiger partial charge in [0.15, 0.2) is 0 Å². The van der Waals surface area contributed by atoms with E-state index in [0.717, 1.165) is 24.4 Å². The first kappa shape index (κ1) is 16.0. The molecule has 1 amide bonds. The number of benzene rings is 1. The highest BCUT2D eigenvalue weighted by atomic mass is 32.1. The average Bonchev–Trinajstić information content (AvgIpc) is 3.18. The van der Waals surface area contributed by atoms with Gasteiger partial charge in [0.25, 0.3) is 5.91 Å². The molecule has 3 rings (SSSR count). The summed E-state index contributed by atoms with van der Waals surface area (Å²) in [5.41, 5.74) is 1.85. The van der Waals surface area contributed by atoms with Gasteiger partial charge in [0, 0.05) is 12.2 Å². The molecule has 6 heteroatoms. The van der Waals surface area contributed by atoms with Crippen molar-refractivity contribution in [2.24, 2.45) is 0 Å². The van der Waals surface area contributed by atoms with Crippen LogP contribution in [0.2, 0.25) is 0 Å². The molecule has 0 bridgehead atoms. The molecule has 1 aromatic heterocycles. The number of H-pyrrole nitrogens is 1. The SMILES string of the molecule is Cc1[nH]c(=O)sc1C(=O)NCC(c1ccccc1)N1CCCC1. The topological polar surface area (TPSA) is 65.2 Å². The van der Waals surface area contributed by atoms with Crippen molar-refractivity contribution in [3.63, 3.8) is 0 Å². The van der Waals surface area contributed by atoms with E-state index in [1.807, 2.05) is 18.2 Å². The number of nitrogens with zero attached hydrogens (tertiary/aromatic N) is 1. The van der Waals surface area contributed by atoms with E-state index >= 15 is 0 Å². The van der Waals surface area contributed by atoms with Gasteiger partial charge < -0.3 is 10.3 Å². The lowest BCUT2D eigenvalue weighted by Gasteiger charge is -2.28. The summed E-state index contributed by atoms with van der Waals surface area (Å²) in [6.07, 6.45) is 2.41. The Labute approximate surface area is 139 Å². The fourth-order valence-corrected chi connectivity index (χ4v) is 3.84. The maximum absolute atomic E-state index is 12.4. The first-order valence-corrected chi connectivity index (χ1v) is 8.73. The van der Waals surface area contributed by atoms with Crippen LogP contribution in [0, 0.1) is 6.92 Å². The summed E-state index contributed by atoms with van der Waals surface area (Å²) in [7, 11) is 0. The Balaban J connectivity index is 1.72. The molecule has 1 unspecified atom stereocenters. The Morgan fingerprint density at radius 1 is 1.30 bits per heavy atom. The van der Waals surface area contributed by atoms with Crippen LogP contribution in [0.5, 0.6) is 0 Å². The number of aryl methyl sites for hydroxylation is 1. The molecule has 122 valence electrons. The zero-order chi connectivity index (χ0) is 16.2. The number of rotatable bonds is 5. The van der Waals surface area contributed by atoms with E-state index in [1.165, 1.54) is 18.4 Å². The highest BCUT2D eigenvalue weighted by Crippen LogP contribution is 2.24. The van der Waals surface area contributed by atoms with E-state index in [4.69, 9.17) is 0 Å². The fraction of sp³-hybridized carbons (Fsp3) is 0.412. The van der Waals surface area contributed by atoms with Crippen LogP contribution in [0.1, 0.15) is 39.8 Å². The summed E-state index contributed by atoms with van der Waals surface area (Å²) in [6, 6.07) is 10.5. The minimum absolute atomic E-state index is 0.175. The second-order valence-electron chi connectivity index (χ2n) is 5.85. The van der Waals surface area contributed by atoms with E-state index in [-0.39, 0.29) is 16.8 Å². The summed E-state index contributed by atoms with van der Waals surface area (Å²) < 4.78 is 0. The van der Waals surface area contributed by atoms with Crippen molar-refractivity contribution in [2.75, 3.05) is 19.6 Å². The first-order chi connectivity index (χ1) is 11.1. The van der Waals surface area contributed by atoms with Crippen molar-refractivity contribution in [3.05, 3.63) is 56.1 Å². The monoisotopic (exact) mass is 331 g/mol. The minimum Gasteiger partial charge on any atom is -0.349 e. The van der Waals surface area contributed by atoms with Crippen LogP contribution in [-0.2, 0) is 0 Å². The number of carbonyl (C=O) groups is 1. The smallest absolute Gasteiger partial charge is 0.305 e. The lowest BCUT2D eigenvalue weighted by atomic mass is 10.1. The largest absolute Gasteiger partial charge is 0.349 e. The number of hydrogen-bond acceptors (Lipinski definition) is 4. The van der Waals surface area contributed by atoms with Crippen LogP contribution in [0.4, 0.5) is 0 Å². The highest BCUT2D eigenvalue weighted by Gasteiger charge is 2.24. The maximum atomic E-state index is 12.4. The van der Waals surface area contributed by atoms with Gasteiger partial charge in [-0.05, 0) is 38.4 Å². The molecule has 1 atom stereocenters. The lowest BCUT2D eigenvalue weighted by Crippen LogP contribution is -2.36. The Morgan fingerprint density at radius 3 is 2.61 bits per heavy atom. The van der Waals surface area contributed by atoms with Crippen LogP contribution in [0.25, 0.3) is 0 Å². The molecule has 2 aromatic rings. The maximum Gasteiger partial charge on any atom is 0.305 e. The van der Waals surface area contributed by atoms with E-state index in [2.05, 4.69) is 27.3 Å². The second-order valence-corrected chi connectivity index (χ2v) is 6.83. The lowest BCUT2D eigenvalue weighted by molar-refractivity contribution is 0.0941. The van der Waals surface area contributed by atoms with Crippen molar-refractivity contribution in [1.82, 2.24) is 15.2 Å². The summed E-state index contributed by atoms with van der Waals surface area (Å²) >= 11 is 0.965. The van der Waals surface area contributed by atoms with Crippen molar-refractivity contribution >= 4 is 17.2 Å². The van der Waals surface area contributed by atoms with Crippen LogP contribution in [0.3, 0.4) is 0 Å². The summed E-state index contributed by atoms with van der Waals surface area (Å²) in [6.45, 7) is 4.42. The first-order valence-electron chi connectivity index (χ1n) is 7.92. The number of carbonyl (C=O) groups excluding carboxylic acids is 1. The van der Waals surface area contributed by atoms with E-state index < -0.39 is 0 Å². The number of nitrogens with one attached hydrogen (secondary N) is 2. The Bertz CT molecular complexity index is 717. The molecule has 1 fully saturated rings. The van der Waals surface area contributed by atoms with Gasteiger partial charge >= 0.3 is 4.87 Å². The van der Waals surface area contributed by atoms with Gasteiger partial charge in [-0.3, -0.25) is 14.5 Å². The van der Waals surface area contributed by atoms with Gasteiger partial charge in [0.05, 0.1) is 6.04 Å². The van der Waals surface area contributed by atoms with Crippen LogP contribution in [-0.4, -0.2) is 35.4 Å². The third kappa shape index (κ3) is 3.71. The van der Waals surface area contributed by atoms with Gasteiger partial charge in [-0.2, -0.15) is 0 Å². The molecule has 1 aliphatic rings. The molecular formula is C17H21N3O2S. The minimum atomic E-state index is -0.188. The number of hydrogen-bond donors (Lipinski definition) is 2. The molecule has 23 heavy (non-hydrogen) atoms. The Kier molecular flexibility index (Phi) is 4.93. The molecule has 0 saturated carbocycles. The molecule has 2 heterocycles. The second kappa shape index (κ2) is 7.10. The number of aromatic amines is 1. The third-order valence-electron chi connectivity index (χ3n) is 4.25. The van der Waals surface area contributed by atoms with Crippen molar-refractivity contribution in [3.8, 4) is 0 Å². The van der Waals surface area contributed by atoms with Crippen molar-refractivity contribution < 1.29 is 4.79 Å². The Morgan fingerprint density at radius 2 is 2.00 bits per heavy atom. The van der Waals surface area contributed by atoms with E-state index in [9.17, 15) is 9.59 Å². The summed E-state index contributed by atoms with van der Waals surface area (Å²) in [5, 5.41) is 3.00. The number of thiazole rings is 1. The van der Waals surface area contributed by atoms with Gasteiger partial charge in [-0.1, -0.05) is 41.7 Å². The third-order valence-corrected chi connectivity index (χ3v) is 5.24. The molecule has 1 aliphatic heterocycles. The molecule has 1 aromatic carbocycles. The number of aromatic nitrogens is 1. The molecule has 0 spiro atoms. The molecule has 0 radical (unpaired) electrons. The predicted octanol–water partition coefficient (Wildman–Crippen LogP) is 2.31. The molecular weight excluding hydrogens is 310 g/mol. The number of likely N-dealkylation sites (tertiary alicyclic amines) is 1. The highest BCUT2D eigenvalue weighted by molar-refractivity contribution is 7.11. The van der Waals surface area contributed by atoms with Crippen molar-refractivity contribution in [1.29, 1.82) is 0 Å². The van der Waals surface area contributed by atoms with Crippen molar-refractivity contribution in [2.45, 2.75) is 25.8 Å². The summed E-state index contributed by atoms with van der Waals surface area (Å²) in [5.74, 6) is -0.175. The molecule has 2 N–H and O–H groups in total. The average molecular weight is 331 g/mol. The fourth-order valence-electron chi connectivity index (χ4n) is 3.08. The zero-order valence-electron chi connectivity index (χ0n) is 13.2. The zero-order valence-corrected chi connectivity index (χ0v) is 14.0. The Hall–Kier alpha value is -1.92. The van der Waals surface area contributed by atoms with Gasteiger partial charge in [-0.15, -0.1) is 0 Å². The van der Waals surface area contributed by atoms with Gasteiger partial charge in [-0.25, -0.2) is 0 Å². The molecule has 1 saturated heterocycles. The van der Waals surface area contributed by atoms with E-state index in [0.29, 0.717) is 17.1 Å². The van der Waals surface area contributed by atoms with Crippen LogP contribution in [0.15, 0.2) is 35.1 Å². The summed E-state index contributed by atoms with van der Waals surface area (Å²) in [4.78, 5) is 29.1. The van der Waals surface area contributed by atoms with Gasteiger partial charge in [0.2, 0.25) is 0 Å². The van der Waals surface area contributed by atoms with Crippen LogP contribution >= 0.6 is 11.3 Å². The molecule has 0 aliphatic carbocycles. The van der Waals surface area contributed by atoms with Crippen LogP contribution < -0.4 is 10.2 Å². The quantitative estimate of drug-likeness (QED) is 0.884. The predicted molar refractivity (Wildman–Crippen MR) is 92.0 cm³/mol. The van der Waals surface area contributed by atoms with Gasteiger partial charge in [0.1, 0.15) is 4.88 Å². The van der Waals surface area contributed by atoms with E-state index in [1.54, 1.807) is 6.92 Å².